The number of aromatic amines is 1. The third-order valence-electron chi connectivity index (χ3n) is 7.84. The Morgan fingerprint density at radius 3 is 2.51 bits per heavy atom. The molecule has 11 heteroatoms. The summed E-state index contributed by atoms with van der Waals surface area (Å²) in [7, 11) is -2.19. The maximum atomic E-state index is 13.8. The van der Waals surface area contributed by atoms with Crippen LogP contribution in [-0.4, -0.2) is 41.5 Å². The lowest BCUT2D eigenvalue weighted by Gasteiger charge is -2.14. The number of nitrogens with one attached hydrogen (secondary N) is 3. The van der Waals surface area contributed by atoms with Crippen molar-refractivity contribution in [2.24, 2.45) is 0 Å². The number of carbonyl (C=O) groups is 1. The van der Waals surface area contributed by atoms with Gasteiger partial charge in [-0.05, 0) is 62.4 Å². The number of para-hydroxylation sites is 1. The van der Waals surface area contributed by atoms with Gasteiger partial charge in [0.05, 0.1) is 28.4 Å². The first kappa shape index (κ1) is 28.4. The van der Waals surface area contributed by atoms with Crippen molar-refractivity contribution in [2.45, 2.75) is 13.8 Å². The smallest absolute Gasteiger partial charge is 0.255 e. The molecule has 0 atom stereocenters. The second kappa shape index (κ2) is 10.6. The Hall–Kier alpha value is -5.42. The van der Waals surface area contributed by atoms with Crippen LogP contribution in [0.3, 0.4) is 0 Å². The van der Waals surface area contributed by atoms with Crippen LogP contribution in [0.5, 0.6) is 0 Å². The number of rotatable bonds is 7. The lowest BCUT2D eigenvalue weighted by Crippen LogP contribution is -2.18. The van der Waals surface area contributed by atoms with Crippen molar-refractivity contribution in [2.75, 3.05) is 17.5 Å². The average molecular weight is 622 g/mol. The highest BCUT2D eigenvalue weighted by Gasteiger charge is 2.25. The van der Waals surface area contributed by atoms with Crippen LogP contribution in [0.4, 0.5) is 10.1 Å². The second-order valence-electron chi connectivity index (χ2n) is 10.8. The molecule has 0 aliphatic carbocycles. The van der Waals surface area contributed by atoms with E-state index in [1.807, 2.05) is 54.0 Å². The monoisotopic (exact) mass is 621 g/mol. The predicted octanol–water partition coefficient (Wildman–Crippen LogP) is 7.13. The topological polar surface area (TPSA) is 121 Å². The predicted molar refractivity (Wildman–Crippen MR) is 174 cm³/mol. The molecule has 3 aromatic carbocycles. The van der Waals surface area contributed by atoms with Crippen LogP contribution in [0.25, 0.3) is 61.2 Å². The van der Waals surface area contributed by atoms with E-state index in [9.17, 15) is 17.6 Å². The summed E-state index contributed by atoms with van der Waals surface area (Å²) in [6.45, 7) is 3.46. The minimum atomic E-state index is -3.71. The van der Waals surface area contributed by atoms with Crippen molar-refractivity contribution in [3.63, 3.8) is 0 Å². The molecule has 0 aliphatic rings. The maximum absolute atomic E-state index is 13.8. The zero-order valence-electron chi connectivity index (χ0n) is 24.6. The van der Waals surface area contributed by atoms with Gasteiger partial charge in [0.1, 0.15) is 22.8 Å². The van der Waals surface area contributed by atoms with E-state index in [1.165, 1.54) is 31.3 Å². The number of nitrogens with zero attached hydrogens (tertiary/aromatic N) is 2. The average Bonchev–Trinajstić information content (AvgIpc) is 3.74. The summed E-state index contributed by atoms with van der Waals surface area (Å²) in [6, 6.07) is 20.9. The van der Waals surface area contributed by atoms with E-state index in [4.69, 9.17) is 9.40 Å². The number of imidazole rings is 1. The molecule has 0 saturated carbocycles. The van der Waals surface area contributed by atoms with E-state index >= 15 is 0 Å². The lowest BCUT2D eigenvalue weighted by atomic mass is 9.98. The van der Waals surface area contributed by atoms with Gasteiger partial charge in [-0.25, -0.2) is 17.8 Å². The molecule has 1 amide bonds. The highest BCUT2D eigenvalue weighted by Crippen LogP contribution is 2.41. The molecule has 0 spiro atoms. The molecular weight excluding hydrogens is 593 g/mol. The highest BCUT2D eigenvalue weighted by molar-refractivity contribution is 7.92. The summed E-state index contributed by atoms with van der Waals surface area (Å²) in [4.78, 5) is 21.5. The first-order valence-electron chi connectivity index (χ1n) is 14.3. The number of sulfonamides is 1. The number of benzene rings is 3. The normalized spacial score (nSPS) is 11.9. The van der Waals surface area contributed by atoms with Gasteiger partial charge in [0.2, 0.25) is 10.0 Å². The van der Waals surface area contributed by atoms with Gasteiger partial charge < -0.3 is 19.1 Å². The van der Waals surface area contributed by atoms with Crippen LogP contribution >= 0.6 is 0 Å². The van der Waals surface area contributed by atoms with Gasteiger partial charge in [-0.2, -0.15) is 0 Å². The number of furan rings is 1. The van der Waals surface area contributed by atoms with E-state index in [1.54, 1.807) is 19.1 Å². The molecule has 3 N–H and O–H groups in total. The second-order valence-corrected chi connectivity index (χ2v) is 12.8. The lowest BCUT2D eigenvalue weighted by molar-refractivity contribution is 0.0964. The number of aromatic nitrogens is 3. The molecule has 0 unspecified atom stereocenters. The number of amides is 1. The van der Waals surface area contributed by atoms with Crippen LogP contribution in [0.2, 0.25) is 0 Å². The SMILES string of the molecule is CCS(=O)(=O)Nc1cc2oc(-c3ccc(F)cc3)c(C(=O)NC)c2cc1-c1cc(-c2cc3ccccc3[nH]2)c2nc(C)cn2c1. The van der Waals surface area contributed by atoms with E-state index in [0.29, 0.717) is 27.7 Å². The molecule has 4 aromatic heterocycles. The molecule has 7 rings (SSSR count). The van der Waals surface area contributed by atoms with Crippen LogP contribution in [-0.2, 0) is 10.0 Å². The number of fused-ring (bicyclic) bond motifs is 3. The van der Waals surface area contributed by atoms with Crippen molar-refractivity contribution in [1.82, 2.24) is 19.7 Å². The van der Waals surface area contributed by atoms with Crippen molar-refractivity contribution in [3.05, 3.63) is 102 Å². The van der Waals surface area contributed by atoms with Gasteiger partial charge >= 0.3 is 0 Å². The molecule has 0 fully saturated rings. The summed E-state index contributed by atoms with van der Waals surface area (Å²) in [5.41, 5.74) is 6.70. The van der Waals surface area contributed by atoms with Gasteiger partial charge in [0.25, 0.3) is 5.91 Å². The van der Waals surface area contributed by atoms with Gasteiger partial charge in [-0.3, -0.25) is 9.52 Å². The highest BCUT2D eigenvalue weighted by atomic mass is 32.2. The Labute approximate surface area is 257 Å². The third kappa shape index (κ3) is 5.00. The van der Waals surface area contributed by atoms with Gasteiger partial charge in [0.15, 0.2) is 0 Å². The molecule has 226 valence electrons. The largest absolute Gasteiger partial charge is 0.455 e. The van der Waals surface area contributed by atoms with Crippen LogP contribution in [0.1, 0.15) is 23.0 Å². The molecule has 7 aromatic rings. The Morgan fingerprint density at radius 2 is 1.78 bits per heavy atom. The Kier molecular flexibility index (Phi) is 6.70. The first-order valence-corrected chi connectivity index (χ1v) is 16.0. The fourth-order valence-corrected chi connectivity index (χ4v) is 6.29. The fourth-order valence-electron chi connectivity index (χ4n) is 5.65. The minimum Gasteiger partial charge on any atom is -0.455 e. The Bertz CT molecular complexity index is 2350. The minimum absolute atomic E-state index is 0.146. The number of hydrogen-bond acceptors (Lipinski definition) is 5. The molecule has 0 saturated heterocycles. The fraction of sp³-hybridized carbons (Fsp3) is 0.118. The van der Waals surface area contributed by atoms with E-state index < -0.39 is 21.7 Å². The summed E-state index contributed by atoms with van der Waals surface area (Å²) in [5, 5.41) is 4.18. The number of carbonyl (C=O) groups excluding carboxylic acids is 1. The van der Waals surface area contributed by atoms with Crippen molar-refractivity contribution < 1.29 is 22.0 Å². The third-order valence-corrected chi connectivity index (χ3v) is 9.13. The number of pyridine rings is 1. The zero-order chi connectivity index (χ0) is 31.5. The van der Waals surface area contributed by atoms with Crippen LogP contribution < -0.4 is 10.0 Å². The number of halogens is 1. The summed E-state index contributed by atoms with van der Waals surface area (Å²) < 4.78 is 50.4. The van der Waals surface area contributed by atoms with Crippen LogP contribution in [0, 0.1) is 12.7 Å². The van der Waals surface area contributed by atoms with E-state index in [0.717, 1.165) is 33.5 Å². The summed E-state index contributed by atoms with van der Waals surface area (Å²) in [5.74, 6) is -0.732. The molecule has 4 heterocycles. The molecular formula is C34H28FN5O4S. The standard InChI is InChI=1S/C34H28FN5O4S/c1-4-45(42,43)39-29-16-30-26(31(34(41)36-3)32(44-30)20-9-11-23(35)12-10-20)15-24(29)22-13-25(33-37-19(2)17-40(33)18-22)28-14-21-7-5-6-8-27(21)38-28/h5-18,38-39H,4H2,1-3H3,(H,36,41). The Balaban J connectivity index is 1.53. The zero-order valence-corrected chi connectivity index (χ0v) is 25.4. The summed E-state index contributed by atoms with van der Waals surface area (Å²) in [6.07, 6.45) is 3.78. The molecule has 45 heavy (non-hydrogen) atoms. The molecule has 0 radical (unpaired) electrons. The Morgan fingerprint density at radius 1 is 1.00 bits per heavy atom. The van der Waals surface area contributed by atoms with Crippen LogP contribution in [0.15, 0.2) is 89.6 Å². The van der Waals surface area contributed by atoms with Gasteiger partial charge in [-0.15, -0.1) is 0 Å². The maximum Gasteiger partial charge on any atom is 0.255 e. The molecule has 0 bridgehead atoms. The van der Waals surface area contributed by atoms with Crippen molar-refractivity contribution in [3.8, 4) is 33.7 Å². The first-order chi connectivity index (χ1) is 21.6. The van der Waals surface area contributed by atoms with E-state index in [2.05, 4.69) is 21.1 Å². The molecule has 9 nitrogen and oxygen atoms in total. The number of anilines is 1. The molecule has 0 aliphatic heterocycles. The van der Waals surface area contributed by atoms with Crippen molar-refractivity contribution in [1.29, 1.82) is 0 Å². The number of aryl methyl sites for hydroxylation is 1. The summed E-state index contributed by atoms with van der Waals surface area (Å²) >= 11 is 0. The van der Waals surface area contributed by atoms with Crippen molar-refractivity contribution >= 4 is 49.1 Å². The van der Waals surface area contributed by atoms with Gasteiger partial charge in [0, 0.05) is 64.1 Å². The quantitative estimate of drug-likeness (QED) is 0.175. The number of hydrogen-bond donors (Lipinski definition) is 3. The van der Waals surface area contributed by atoms with Gasteiger partial charge in [-0.1, -0.05) is 18.2 Å². The number of H-pyrrole nitrogens is 1. The van der Waals surface area contributed by atoms with E-state index in [-0.39, 0.29) is 22.8 Å².